The van der Waals surface area contributed by atoms with E-state index in [0.29, 0.717) is 30.9 Å². The Labute approximate surface area is 122 Å². The van der Waals surface area contributed by atoms with Crippen LogP contribution in [0.15, 0.2) is 24.8 Å². The van der Waals surface area contributed by atoms with Crippen LogP contribution in [-0.2, 0) is 4.74 Å². The number of methoxy groups -OCH3 is 1. The van der Waals surface area contributed by atoms with E-state index in [4.69, 9.17) is 9.84 Å². The summed E-state index contributed by atoms with van der Waals surface area (Å²) >= 11 is 0. The number of ether oxygens (including phenoxy) is 1. The van der Waals surface area contributed by atoms with Gasteiger partial charge in [0.1, 0.15) is 0 Å². The van der Waals surface area contributed by atoms with E-state index < -0.39 is 10.9 Å². The van der Waals surface area contributed by atoms with Gasteiger partial charge in [0.25, 0.3) is 5.69 Å². The highest BCUT2D eigenvalue weighted by atomic mass is 16.6. The Morgan fingerprint density at radius 2 is 2.24 bits per heavy atom. The molecule has 0 saturated carbocycles. The number of benzene rings is 1. The SMILES string of the molecule is C=CCN(CCOC)c1cc(C(=O)O)cc([N+](=O)[O-])c1C. The smallest absolute Gasteiger partial charge is 0.336 e. The number of hydrogen-bond donors (Lipinski definition) is 1. The molecular weight excluding hydrogens is 276 g/mol. The minimum atomic E-state index is -1.20. The maximum absolute atomic E-state index is 11.1. The van der Waals surface area contributed by atoms with Crippen molar-refractivity contribution in [3.05, 3.63) is 46.0 Å². The number of rotatable bonds is 8. The van der Waals surface area contributed by atoms with Crippen LogP contribution in [-0.4, -0.2) is 42.8 Å². The summed E-state index contributed by atoms with van der Waals surface area (Å²) in [6.45, 7) is 6.57. The van der Waals surface area contributed by atoms with Crippen molar-refractivity contribution in [1.29, 1.82) is 0 Å². The van der Waals surface area contributed by atoms with E-state index in [2.05, 4.69) is 6.58 Å². The molecule has 21 heavy (non-hydrogen) atoms. The third kappa shape index (κ3) is 4.03. The molecule has 0 atom stereocenters. The van der Waals surface area contributed by atoms with Crippen molar-refractivity contribution in [3.8, 4) is 0 Å². The molecule has 0 amide bonds. The van der Waals surface area contributed by atoms with Crippen LogP contribution in [0.5, 0.6) is 0 Å². The van der Waals surface area contributed by atoms with Crippen molar-refractivity contribution in [2.24, 2.45) is 0 Å². The Balaban J connectivity index is 3.38. The molecule has 1 aromatic carbocycles. The molecule has 7 heteroatoms. The molecule has 0 aliphatic rings. The van der Waals surface area contributed by atoms with Gasteiger partial charge in [-0.15, -0.1) is 6.58 Å². The van der Waals surface area contributed by atoms with Crippen LogP contribution in [0.1, 0.15) is 15.9 Å². The van der Waals surface area contributed by atoms with Crippen LogP contribution in [0, 0.1) is 17.0 Å². The van der Waals surface area contributed by atoms with Crippen molar-refractivity contribution < 1.29 is 19.6 Å². The first-order valence-electron chi connectivity index (χ1n) is 6.29. The molecule has 1 aromatic rings. The number of carboxylic acids is 1. The molecule has 1 rings (SSSR count). The molecule has 0 bridgehead atoms. The highest BCUT2D eigenvalue weighted by Crippen LogP contribution is 2.30. The van der Waals surface area contributed by atoms with Crippen LogP contribution in [0.4, 0.5) is 11.4 Å². The van der Waals surface area contributed by atoms with Crippen LogP contribution in [0.25, 0.3) is 0 Å². The molecule has 0 aliphatic carbocycles. The van der Waals surface area contributed by atoms with Gasteiger partial charge in [0.15, 0.2) is 0 Å². The van der Waals surface area contributed by atoms with Gasteiger partial charge in [0.05, 0.1) is 22.7 Å². The van der Waals surface area contributed by atoms with E-state index in [1.165, 1.54) is 6.07 Å². The zero-order valence-electron chi connectivity index (χ0n) is 12.0. The summed E-state index contributed by atoms with van der Waals surface area (Å²) in [5.41, 5.74) is 0.590. The maximum Gasteiger partial charge on any atom is 0.336 e. The monoisotopic (exact) mass is 294 g/mol. The molecule has 0 aromatic heterocycles. The summed E-state index contributed by atoms with van der Waals surface area (Å²) < 4.78 is 5.01. The Morgan fingerprint density at radius 3 is 2.71 bits per heavy atom. The van der Waals surface area contributed by atoms with Crippen molar-refractivity contribution in [2.75, 3.05) is 31.7 Å². The van der Waals surface area contributed by atoms with Gasteiger partial charge >= 0.3 is 5.97 Å². The topological polar surface area (TPSA) is 92.9 Å². The van der Waals surface area contributed by atoms with E-state index in [-0.39, 0.29) is 11.3 Å². The zero-order chi connectivity index (χ0) is 16.0. The van der Waals surface area contributed by atoms with Crippen molar-refractivity contribution >= 4 is 17.3 Å². The predicted molar refractivity (Wildman–Crippen MR) is 79.1 cm³/mol. The number of anilines is 1. The number of carboxylic acid groups (broad SMARTS) is 1. The number of hydrogen-bond acceptors (Lipinski definition) is 5. The summed E-state index contributed by atoms with van der Waals surface area (Å²) in [5, 5.41) is 20.2. The highest BCUT2D eigenvalue weighted by Gasteiger charge is 2.21. The van der Waals surface area contributed by atoms with Gasteiger partial charge in [0, 0.05) is 32.0 Å². The molecule has 0 saturated heterocycles. The molecular formula is C14H18N2O5. The lowest BCUT2D eigenvalue weighted by Gasteiger charge is -2.25. The quantitative estimate of drug-likeness (QED) is 0.449. The normalized spacial score (nSPS) is 10.2. The number of aromatic carboxylic acids is 1. The summed E-state index contributed by atoms with van der Waals surface area (Å²) in [6.07, 6.45) is 1.65. The van der Waals surface area contributed by atoms with Crippen molar-refractivity contribution in [1.82, 2.24) is 0 Å². The Hall–Kier alpha value is -2.41. The number of nitro benzene ring substituents is 1. The second-order valence-corrected chi connectivity index (χ2v) is 4.43. The largest absolute Gasteiger partial charge is 0.478 e. The van der Waals surface area contributed by atoms with E-state index in [9.17, 15) is 14.9 Å². The third-order valence-corrected chi connectivity index (χ3v) is 3.05. The summed E-state index contributed by atoms with van der Waals surface area (Å²) in [6, 6.07) is 2.51. The van der Waals surface area contributed by atoms with Gasteiger partial charge in [-0.3, -0.25) is 10.1 Å². The molecule has 114 valence electrons. The molecule has 0 heterocycles. The second kappa shape index (κ2) is 7.39. The van der Waals surface area contributed by atoms with Gasteiger partial charge in [0.2, 0.25) is 0 Å². The van der Waals surface area contributed by atoms with Gasteiger partial charge in [-0.05, 0) is 13.0 Å². The summed E-state index contributed by atoms with van der Waals surface area (Å²) in [5.74, 6) is -1.20. The average Bonchev–Trinajstić information content (AvgIpc) is 2.43. The first-order valence-corrected chi connectivity index (χ1v) is 6.29. The average molecular weight is 294 g/mol. The third-order valence-electron chi connectivity index (χ3n) is 3.05. The van der Waals surface area contributed by atoms with Gasteiger partial charge < -0.3 is 14.7 Å². The molecule has 1 N–H and O–H groups in total. The minimum absolute atomic E-state index is 0.117. The van der Waals surface area contributed by atoms with Gasteiger partial charge in [-0.25, -0.2) is 4.79 Å². The molecule has 0 radical (unpaired) electrons. The lowest BCUT2D eigenvalue weighted by Crippen LogP contribution is -2.28. The molecule has 0 unspecified atom stereocenters. The minimum Gasteiger partial charge on any atom is -0.478 e. The molecule has 0 aliphatic heterocycles. The zero-order valence-corrected chi connectivity index (χ0v) is 12.0. The lowest BCUT2D eigenvalue weighted by molar-refractivity contribution is -0.385. The van der Waals surface area contributed by atoms with Crippen LogP contribution in [0.3, 0.4) is 0 Å². The molecule has 0 fully saturated rings. The first kappa shape index (κ1) is 16.6. The standard InChI is InChI=1S/C14H18N2O5/c1-4-5-15(6-7-21-3)12-8-11(14(17)18)9-13(10(12)2)16(19)20/h4,8-9H,1,5-7H2,2-3H3,(H,17,18). The maximum atomic E-state index is 11.1. The summed E-state index contributed by atoms with van der Waals surface area (Å²) in [7, 11) is 1.55. The van der Waals surface area contributed by atoms with Crippen LogP contribution < -0.4 is 4.90 Å². The molecule has 0 spiro atoms. The first-order chi connectivity index (χ1) is 9.92. The van der Waals surface area contributed by atoms with Gasteiger partial charge in [-0.1, -0.05) is 6.08 Å². The van der Waals surface area contributed by atoms with Crippen LogP contribution >= 0.6 is 0 Å². The Morgan fingerprint density at radius 1 is 1.57 bits per heavy atom. The summed E-state index contributed by atoms with van der Waals surface area (Å²) in [4.78, 5) is 23.5. The van der Waals surface area contributed by atoms with Crippen molar-refractivity contribution in [2.45, 2.75) is 6.92 Å². The van der Waals surface area contributed by atoms with Gasteiger partial charge in [-0.2, -0.15) is 0 Å². The highest BCUT2D eigenvalue weighted by molar-refractivity contribution is 5.90. The number of carbonyl (C=O) groups is 1. The van der Waals surface area contributed by atoms with E-state index >= 15 is 0 Å². The second-order valence-electron chi connectivity index (χ2n) is 4.43. The fourth-order valence-electron chi connectivity index (χ4n) is 1.99. The lowest BCUT2D eigenvalue weighted by atomic mass is 10.1. The molecule has 7 nitrogen and oxygen atoms in total. The number of nitro groups is 1. The number of nitrogens with zero attached hydrogens (tertiary/aromatic N) is 2. The van der Waals surface area contributed by atoms with E-state index in [1.807, 2.05) is 0 Å². The van der Waals surface area contributed by atoms with E-state index in [1.54, 1.807) is 25.0 Å². The Bertz CT molecular complexity index is 557. The fraction of sp³-hybridized carbons (Fsp3) is 0.357. The van der Waals surface area contributed by atoms with E-state index in [0.717, 1.165) is 6.07 Å². The predicted octanol–water partition coefficient (Wildman–Crippen LogP) is 2.24. The Kier molecular flexibility index (Phi) is 5.86. The van der Waals surface area contributed by atoms with Crippen molar-refractivity contribution in [3.63, 3.8) is 0 Å². The fourth-order valence-corrected chi connectivity index (χ4v) is 1.99. The van der Waals surface area contributed by atoms with Crippen LogP contribution in [0.2, 0.25) is 0 Å².